The third-order valence-corrected chi connectivity index (χ3v) is 4.50. The molecule has 0 aliphatic rings. The minimum atomic E-state index is -4.48. The minimum absolute atomic E-state index is 0.0756. The molecule has 3 rings (SSSR count). The van der Waals surface area contributed by atoms with Crippen LogP contribution >= 0.6 is 11.6 Å². The molecule has 0 unspecified atom stereocenters. The van der Waals surface area contributed by atoms with E-state index in [1.807, 2.05) is 0 Å². The largest absolute Gasteiger partial charge is 0.416 e. The average Bonchev–Trinajstić information content (AvgIpc) is 3.00. The summed E-state index contributed by atoms with van der Waals surface area (Å²) in [5, 5.41) is 2.89. The Kier molecular flexibility index (Phi) is 5.20. The van der Waals surface area contributed by atoms with Crippen LogP contribution in [0.25, 0.3) is 11.0 Å². The van der Waals surface area contributed by atoms with E-state index in [0.717, 1.165) is 12.1 Å². The van der Waals surface area contributed by atoms with Gasteiger partial charge in [0.15, 0.2) is 5.82 Å². The van der Waals surface area contributed by atoms with Crippen LogP contribution in [0.5, 0.6) is 0 Å². The molecule has 0 saturated heterocycles. The molecule has 0 aliphatic heterocycles. The Morgan fingerprint density at radius 1 is 1.29 bits per heavy atom. The molecule has 1 aromatic carbocycles. The molecule has 10 heteroatoms. The van der Waals surface area contributed by atoms with Crippen molar-refractivity contribution < 1.29 is 18.0 Å². The maximum atomic E-state index is 12.9. The fourth-order valence-corrected chi connectivity index (χ4v) is 3.00. The van der Waals surface area contributed by atoms with Crippen molar-refractivity contribution in [2.24, 2.45) is 0 Å². The van der Waals surface area contributed by atoms with Crippen molar-refractivity contribution in [3.63, 3.8) is 0 Å². The number of hydrogen-bond acceptors (Lipinski definition) is 4. The smallest absolute Gasteiger partial charge is 0.347 e. The van der Waals surface area contributed by atoms with E-state index < -0.39 is 11.7 Å². The molecule has 3 aromatic rings. The van der Waals surface area contributed by atoms with Crippen molar-refractivity contribution >= 4 is 40.0 Å². The van der Waals surface area contributed by atoms with E-state index in [1.165, 1.54) is 24.3 Å². The number of carbonyl (C=O) groups is 1. The van der Waals surface area contributed by atoms with Gasteiger partial charge >= 0.3 is 6.18 Å². The molecule has 0 bridgehead atoms. The number of pyridine rings is 1. The van der Waals surface area contributed by atoms with Gasteiger partial charge in [-0.2, -0.15) is 13.2 Å². The lowest BCUT2D eigenvalue weighted by Gasteiger charge is -2.15. The van der Waals surface area contributed by atoms with Crippen molar-refractivity contribution in [1.82, 2.24) is 19.4 Å². The van der Waals surface area contributed by atoms with Gasteiger partial charge < -0.3 is 14.8 Å². The predicted octanol–water partition coefficient (Wildman–Crippen LogP) is 4.24. The number of nitrogens with one attached hydrogen (secondary N) is 1. The Hall–Kier alpha value is -2.81. The number of anilines is 2. The molecular formula is C18H17ClF3N5O. The van der Waals surface area contributed by atoms with Crippen LogP contribution < -0.4 is 5.32 Å². The highest BCUT2D eigenvalue weighted by atomic mass is 35.5. The van der Waals surface area contributed by atoms with E-state index in [1.54, 1.807) is 24.7 Å². The summed E-state index contributed by atoms with van der Waals surface area (Å²) in [4.78, 5) is 21.9. The van der Waals surface area contributed by atoms with Gasteiger partial charge in [0.1, 0.15) is 12.1 Å². The number of aromatic nitrogens is 3. The molecule has 0 saturated carbocycles. The van der Waals surface area contributed by atoms with Gasteiger partial charge in [-0.3, -0.25) is 4.79 Å². The predicted molar refractivity (Wildman–Crippen MR) is 101 cm³/mol. The highest BCUT2D eigenvalue weighted by Crippen LogP contribution is 2.37. The minimum Gasteiger partial charge on any atom is -0.347 e. The zero-order valence-corrected chi connectivity index (χ0v) is 16.1. The molecule has 0 aliphatic carbocycles. The third kappa shape index (κ3) is 3.89. The maximum absolute atomic E-state index is 12.9. The first-order valence-electron chi connectivity index (χ1n) is 8.22. The van der Waals surface area contributed by atoms with Crippen molar-refractivity contribution in [1.29, 1.82) is 0 Å². The quantitative estimate of drug-likeness (QED) is 0.697. The summed E-state index contributed by atoms with van der Waals surface area (Å²) in [5.74, 6) is 0.227. The van der Waals surface area contributed by atoms with Crippen molar-refractivity contribution in [3.8, 4) is 0 Å². The lowest BCUT2D eigenvalue weighted by Crippen LogP contribution is -2.25. The van der Waals surface area contributed by atoms with Crippen LogP contribution in [-0.4, -0.2) is 39.4 Å². The number of rotatable bonds is 4. The maximum Gasteiger partial charge on any atom is 0.416 e. The van der Waals surface area contributed by atoms with Crippen molar-refractivity contribution in [2.45, 2.75) is 19.6 Å². The number of carbonyl (C=O) groups excluding carboxylic acids is 1. The van der Waals surface area contributed by atoms with Gasteiger partial charge in [-0.05, 0) is 30.7 Å². The molecule has 1 amide bonds. The van der Waals surface area contributed by atoms with Crippen molar-refractivity contribution in [3.05, 3.63) is 46.9 Å². The number of amides is 1. The first-order valence-corrected chi connectivity index (χ1v) is 8.60. The van der Waals surface area contributed by atoms with Gasteiger partial charge in [0.2, 0.25) is 5.91 Å². The molecule has 0 radical (unpaired) electrons. The van der Waals surface area contributed by atoms with E-state index in [2.05, 4.69) is 15.3 Å². The summed E-state index contributed by atoms with van der Waals surface area (Å²) in [6.07, 6.45) is -1.45. The normalized spacial score (nSPS) is 11.7. The molecule has 1 N–H and O–H groups in total. The molecule has 0 atom stereocenters. The Morgan fingerprint density at radius 3 is 2.61 bits per heavy atom. The van der Waals surface area contributed by atoms with Crippen LogP contribution in [0, 0.1) is 6.92 Å². The second-order valence-corrected chi connectivity index (χ2v) is 6.87. The Balaban J connectivity index is 1.98. The van der Waals surface area contributed by atoms with E-state index in [-0.39, 0.29) is 17.5 Å². The molecule has 6 nitrogen and oxygen atoms in total. The van der Waals surface area contributed by atoms with Crippen LogP contribution in [0.3, 0.4) is 0 Å². The summed E-state index contributed by atoms with van der Waals surface area (Å²) in [6, 6.07) is 3.59. The summed E-state index contributed by atoms with van der Waals surface area (Å²) in [6.45, 7) is 1.63. The molecule has 0 spiro atoms. The summed E-state index contributed by atoms with van der Waals surface area (Å²) < 4.78 is 40.5. The molecule has 0 fully saturated rings. The number of fused-ring (bicyclic) bond motifs is 1. The zero-order valence-electron chi connectivity index (χ0n) is 15.3. The Bertz CT molecular complexity index is 1020. The van der Waals surface area contributed by atoms with Gasteiger partial charge in [-0.15, -0.1) is 0 Å². The van der Waals surface area contributed by atoms with Gasteiger partial charge in [0.05, 0.1) is 28.1 Å². The monoisotopic (exact) mass is 411 g/mol. The first-order chi connectivity index (χ1) is 13.1. The van der Waals surface area contributed by atoms with E-state index >= 15 is 0 Å². The standard InChI is InChI=1S/C18H17ClF3N5O/c1-10-6-11(18(20,21)22)7-12(19)15(10)25-17-16-13(4-5-23-17)27(9-24-16)8-14(28)26(2)3/h4-7,9H,8H2,1-3H3,(H,23,25). The topological polar surface area (TPSA) is 63.1 Å². The zero-order chi connectivity index (χ0) is 20.6. The number of aryl methyl sites for hydroxylation is 1. The molecule has 148 valence electrons. The van der Waals surface area contributed by atoms with Crippen LogP contribution in [0.15, 0.2) is 30.7 Å². The average molecular weight is 412 g/mol. The van der Waals surface area contributed by atoms with Crippen LogP contribution in [0.1, 0.15) is 11.1 Å². The van der Waals surface area contributed by atoms with Crippen molar-refractivity contribution in [2.75, 3.05) is 19.4 Å². The molecule has 28 heavy (non-hydrogen) atoms. The van der Waals surface area contributed by atoms with E-state index in [0.29, 0.717) is 28.1 Å². The second-order valence-electron chi connectivity index (χ2n) is 6.46. The number of benzene rings is 1. The van der Waals surface area contributed by atoms with Gasteiger partial charge in [-0.25, -0.2) is 9.97 Å². The highest BCUT2D eigenvalue weighted by Gasteiger charge is 2.31. The van der Waals surface area contributed by atoms with Gasteiger partial charge in [0.25, 0.3) is 0 Å². The lowest BCUT2D eigenvalue weighted by molar-refractivity contribution is -0.137. The summed E-state index contributed by atoms with van der Waals surface area (Å²) in [7, 11) is 3.32. The fourth-order valence-electron chi connectivity index (χ4n) is 2.68. The van der Waals surface area contributed by atoms with E-state index in [9.17, 15) is 18.0 Å². The highest BCUT2D eigenvalue weighted by molar-refractivity contribution is 6.33. The summed E-state index contributed by atoms with van der Waals surface area (Å²) in [5.41, 5.74) is 0.949. The number of hydrogen-bond donors (Lipinski definition) is 1. The van der Waals surface area contributed by atoms with E-state index in [4.69, 9.17) is 11.6 Å². The number of alkyl halides is 3. The van der Waals surface area contributed by atoms with Crippen LogP contribution in [0.4, 0.5) is 24.7 Å². The third-order valence-electron chi connectivity index (χ3n) is 4.20. The number of halogens is 4. The lowest BCUT2D eigenvalue weighted by atomic mass is 10.1. The molecule has 2 aromatic heterocycles. The Morgan fingerprint density at radius 2 is 2.00 bits per heavy atom. The van der Waals surface area contributed by atoms with Crippen LogP contribution in [0.2, 0.25) is 5.02 Å². The second kappa shape index (κ2) is 7.31. The molecular weight excluding hydrogens is 395 g/mol. The number of nitrogens with zero attached hydrogens (tertiary/aromatic N) is 4. The number of imidazole rings is 1. The Labute approximate surface area is 163 Å². The fraction of sp³-hybridized carbons (Fsp3) is 0.278. The van der Waals surface area contributed by atoms with Gasteiger partial charge in [-0.1, -0.05) is 11.6 Å². The first kappa shape index (κ1) is 19.9. The SMILES string of the molecule is Cc1cc(C(F)(F)F)cc(Cl)c1Nc1nccc2c1ncn2CC(=O)N(C)C. The van der Waals surface area contributed by atoms with Gasteiger partial charge in [0, 0.05) is 20.3 Å². The molecule has 2 heterocycles. The van der Waals surface area contributed by atoms with Crippen LogP contribution in [-0.2, 0) is 17.5 Å². The summed E-state index contributed by atoms with van der Waals surface area (Å²) >= 11 is 6.08. The number of likely N-dealkylation sites (N-methyl/N-ethyl adjacent to an activating group) is 1.